The number of aryl methyl sites for hydroxylation is 1. The number of furan rings is 1. The van der Waals surface area contributed by atoms with E-state index in [0.29, 0.717) is 17.9 Å². The summed E-state index contributed by atoms with van der Waals surface area (Å²) in [6, 6.07) is 4.93. The molecule has 0 amide bonds. The zero-order valence-corrected chi connectivity index (χ0v) is 16.1. The summed E-state index contributed by atoms with van der Waals surface area (Å²) in [6.07, 6.45) is 4.88. The minimum absolute atomic E-state index is 0.568. The summed E-state index contributed by atoms with van der Waals surface area (Å²) in [6.45, 7) is 8.07. The maximum atomic E-state index is 6.10. The van der Waals surface area contributed by atoms with Gasteiger partial charge in [-0.2, -0.15) is 4.98 Å². The summed E-state index contributed by atoms with van der Waals surface area (Å²) in [5, 5.41) is 4.02. The predicted molar refractivity (Wildman–Crippen MR) is 98.6 cm³/mol. The van der Waals surface area contributed by atoms with Crippen LogP contribution in [0.5, 0.6) is 0 Å². The molecular formula is C20H30N4O2. The third kappa shape index (κ3) is 4.18. The molecule has 2 aromatic heterocycles. The van der Waals surface area contributed by atoms with Gasteiger partial charge in [-0.25, -0.2) is 0 Å². The maximum absolute atomic E-state index is 6.10. The molecule has 1 saturated carbocycles. The Morgan fingerprint density at radius 1 is 1.27 bits per heavy atom. The minimum Gasteiger partial charge on any atom is -0.464 e. The van der Waals surface area contributed by atoms with Gasteiger partial charge in [-0.15, -0.1) is 0 Å². The molecule has 6 heteroatoms. The van der Waals surface area contributed by atoms with Crippen LogP contribution in [0.3, 0.4) is 0 Å². The molecule has 0 spiro atoms. The molecule has 1 saturated heterocycles. The molecule has 6 nitrogen and oxygen atoms in total. The number of aromatic nitrogens is 2. The fourth-order valence-electron chi connectivity index (χ4n) is 4.11. The van der Waals surface area contributed by atoms with Crippen molar-refractivity contribution in [3.8, 4) is 0 Å². The molecule has 0 N–H and O–H groups in total. The smallest absolute Gasteiger partial charge is 0.223 e. The number of likely N-dealkylation sites (tertiary alicyclic amines) is 1. The molecule has 0 bridgehead atoms. The van der Waals surface area contributed by atoms with Crippen molar-refractivity contribution >= 4 is 0 Å². The van der Waals surface area contributed by atoms with Crippen molar-refractivity contribution in [1.82, 2.24) is 19.9 Å². The summed E-state index contributed by atoms with van der Waals surface area (Å²) in [7, 11) is 2.17. The van der Waals surface area contributed by atoms with Crippen LogP contribution in [-0.2, 0) is 13.1 Å². The summed E-state index contributed by atoms with van der Waals surface area (Å²) in [5.74, 6) is 5.19. The number of hydrogen-bond acceptors (Lipinski definition) is 6. The Balaban J connectivity index is 1.28. The van der Waals surface area contributed by atoms with Gasteiger partial charge in [0.15, 0.2) is 5.82 Å². The van der Waals surface area contributed by atoms with Crippen molar-refractivity contribution in [1.29, 1.82) is 0 Å². The molecule has 2 aromatic rings. The van der Waals surface area contributed by atoms with E-state index < -0.39 is 0 Å². The molecular weight excluding hydrogens is 328 g/mol. The standard InChI is InChI=1S/C20H30N4O2/c1-14-11-18(14)19-7-6-17(25-19)12-24-9-4-5-16(8-10-24)23(3)13-20-21-15(2)26-22-20/h6-7,14,16,18H,4-5,8-13H2,1-3H3/t14-,16-,18+/m1/s1. The van der Waals surface area contributed by atoms with Crippen molar-refractivity contribution in [2.45, 2.75) is 64.6 Å². The van der Waals surface area contributed by atoms with Crippen molar-refractivity contribution in [2.75, 3.05) is 20.1 Å². The molecule has 1 aliphatic heterocycles. The molecule has 1 aliphatic carbocycles. The fraction of sp³-hybridized carbons (Fsp3) is 0.700. The highest BCUT2D eigenvalue weighted by Crippen LogP contribution is 2.47. The van der Waals surface area contributed by atoms with Crippen molar-refractivity contribution in [3.63, 3.8) is 0 Å². The predicted octanol–water partition coefficient (Wildman–Crippen LogP) is 3.58. The fourth-order valence-corrected chi connectivity index (χ4v) is 4.11. The summed E-state index contributed by atoms with van der Waals surface area (Å²) in [5.41, 5.74) is 0. The van der Waals surface area contributed by atoms with Crippen LogP contribution in [-0.4, -0.2) is 46.1 Å². The van der Waals surface area contributed by atoms with Gasteiger partial charge in [0.1, 0.15) is 11.5 Å². The molecule has 2 aliphatic rings. The first-order chi connectivity index (χ1) is 12.6. The molecule has 26 heavy (non-hydrogen) atoms. The lowest BCUT2D eigenvalue weighted by molar-refractivity contribution is 0.197. The third-order valence-corrected chi connectivity index (χ3v) is 5.91. The Morgan fingerprint density at radius 3 is 2.85 bits per heavy atom. The Labute approximate surface area is 155 Å². The lowest BCUT2D eigenvalue weighted by Crippen LogP contribution is -2.33. The Morgan fingerprint density at radius 2 is 2.12 bits per heavy atom. The van der Waals surface area contributed by atoms with E-state index in [4.69, 9.17) is 8.94 Å². The van der Waals surface area contributed by atoms with Crippen LogP contribution >= 0.6 is 0 Å². The first kappa shape index (κ1) is 17.7. The monoisotopic (exact) mass is 358 g/mol. The molecule has 3 atom stereocenters. The largest absolute Gasteiger partial charge is 0.464 e. The van der Waals surface area contributed by atoms with Gasteiger partial charge in [0.05, 0.1) is 13.1 Å². The van der Waals surface area contributed by atoms with Crippen LogP contribution in [0.25, 0.3) is 0 Å². The molecule has 4 rings (SSSR count). The molecule has 0 radical (unpaired) electrons. The third-order valence-electron chi connectivity index (χ3n) is 5.91. The highest BCUT2D eigenvalue weighted by atomic mass is 16.5. The summed E-state index contributed by atoms with van der Waals surface area (Å²) in [4.78, 5) is 9.23. The van der Waals surface area contributed by atoms with Gasteiger partial charge < -0.3 is 8.94 Å². The highest BCUT2D eigenvalue weighted by molar-refractivity contribution is 5.17. The van der Waals surface area contributed by atoms with E-state index in [9.17, 15) is 0 Å². The first-order valence-corrected chi connectivity index (χ1v) is 9.89. The lowest BCUT2D eigenvalue weighted by atomic mass is 10.1. The molecule has 0 unspecified atom stereocenters. The van der Waals surface area contributed by atoms with E-state index in [1.807, 2.05) is 6.92 Å². The Bertz CT molecular complexity index is 725. The highest BCUT2D eigenvalue weighted by Gasteiger charge is 2.36. The maximum Gasteiger partial charge on any atom is 0.223 e. The van der Waals surface area contributed by atoms with Gasteiger partial charge in [0.25, 0.3) is 0 Å². The van der Waals surface area contributed by atoms with E-state index in [1.165, 1.54) is 31.4 Å². The molecule has 142 valence electrons. The van der Waals surface area contributed by atoms with Gasteiger partial charge in [0.2, 0.25) is 5.89 Å². The van der Waals surface area contributed by atoms with Crippen molar-refractivity contribution in [3.05, 3.63) is 35.4 Å². The van der Waals surface area contributed by atoms with E-state index in [1.54, 1.807) is 0 Å². The average molecular weight is 358 g/mol. The van der Waals surface area contributed by atoms with Crippen LogP contribution in [0.1, 0.15) is 61.8 Å². The van der Waals surface area contributed by atoms with Crippen LogP contribution in [0.2, 0.25) is 0 Å². The average Bonchev–Trinajstić information content (AvgIpc) is 3.04. The van der Waals surface area contributed by atoms with E-state index in [2.05, 4.69) is 46.0 Å². The minimum atomic E-state index is 0.568. The van der Waals surface area contributed by atoms with Crippen LogP contribution in [0, 0.1) is 12.8 Å². The molecule has 3 heterocycles. The number of hydrogen-bond donors (Lipinski definition) is 0. The van der Waals surface area contributed by atoms with E-state index >= 15 is 0 Å². The van der Waals surface area contributed by atoms with Crippen LogP contribution < -0.4 is 0 Å². The number of rotatable bonds is 6. The van der Waals surface area contributed by atoms with Gasteiger partial charge in [-0.1, -0.05) is 12.1 Å². The second-order valence-electron chi connectivity index (χ2n) is 8.13. The van der Waals surface area contributed by atoms with E-state index in [0.717, 1.165) is 43.7 Å². The zero-order chi connectivity index (χ0) is 18.1. The normalized spacial score (nSPS) is 27.0. The molecule has 2 fully saturated rings. The first-order valence-electron chi connectivity index (χ1n) is 9.89. The van der Waals surface area contributed by atoms with Gasteiger partial charge in [-0.3, -0.25) is 9.80 Å². The van der Waals surface area contributed by atoms with Crippen molar-refractivity contribution < 1.29 is 8.94 Å². The Hall–Kier alpha value is -1.66. The Kier molecular flexibility index (Phi) is 5.14. The lowest BCUT2D eigenvalue weighted by Gasteiger charge is -2.26. The SMILES string of the molecule is Cc1nc(CN(C)[C@@H]2CCCN(Cc3ccc([C@H]4C[C@H]4C)o3)CC2)no1. The zero-order valence-electron chi connectivity index (χ0n) is 16.1. The van der Waals surface area contributed by atoms with Gasteiger partial charge >= 0.3 is 0 Å². The van der Waals surface area contributed by atoms with Crippen LogP contribution in [0.4, 0.5) is 0 Å². The molecule has 0 aromatic carbocycles. The summed E-state index contributed by atoms with van der Waals surface area (Å²) < 4.78 is 11.2. The summed E-state index contributed by atoms with van der Waals surface area (Å²) >= 11 is 0. The van der Waals surface area contributed by atoms with Crippen molar-refractivity contribution in [2.24, 2.45) is 5.92 Å². The second-order valence-corrected chi connectivity index (χ2v) is 8.13. The second kappa shape index (κ2) is 7.53. The van der Waals surface area contributed by atoms with Gasteiger partial charge in [-0.05, 0) is 57.3 Å². The van der Waals surface area contributed by atoms with E-state index in [-0.39, 0.29) is 0 Å². The quantitative estimate of drug-likeness (QED) is 0.787. The van der Waals surface area contributed by atoms with Gasteiger partial charge in [0, 0.05) is 25.4 Å². The topological polar surface area (TPSA) is 58.5 Å². The number of nitrogens with zero attached hydrogens (tertiary/aromatic N) is 4. The van der Waals surface area contributed by atoms with Crippen LogP contribution in [0.15, 0.2) is 21.1 Å².